The molecule has 2 rings (SSSR count). The Balaban J connectivity index is 2.24. The molecule has 116 valence electrons. The molecule has 1 heterocycles. The maximum absolute atomic E-state index is 12.4. The topological polar surface area (TPSA) is 50.8 Å². The molecule has 1 aromatic carbocycles. The molecule has 0 bridgehead atoms. The summed E-state index contributed by atoms with van der Waals surface area (Å²) in [5, 5.41) is 3.36. The summed E-state index contributed by atoms with van der Waals surface area (Å²) in [5.74, 6) is 0.928. The van der Waals surface area contributed by atoms with Gasteiger partial charge in [-0.25, -0.2) is 0 Å². The van der Waals surface area contributed by atoms with Crippen molar-refractivity contribution in [2.24, 2.45) is 0 Å². The zero-order chi connectivity index (χ0) is 15.4. The van der Waals surface area contributed by atoms with Crippen LogP contribution in [-0.4, -0.2) is 43.7 Å². The van der Waals surface area contributed by atoms with Crippen molar-refractivity contribution in [3.05, 3.63) is 29.8 Å². The molecule has 0 aliphatic carbocycles. The number of ether oxygens (including phenoxy) is 2. The zero-order valence-electron chi connectivity index (χ0n) is 13.1. The molecule has 0 aromatic heterocycles. The lowest BCUT2D eigenvalue weighted by atomic mass is 10.1. The molecule has 5 heteroatoms. The third kappa shape index (κ3) is 3.36. The van der Waals surface area contributed by atoms with E-state index in [2.05, 4.69) is 12.2 Å². The number of carbonyl (C=O) groups is 1. The fourth-order valence-corrected chi connectivity index (χ4v) is 2.71. The van der Waals surface area contributed by atoms with Crippen LogP contribution >= 0.6 is 0 Å². The molecule has 1 N–H and O–H groups in total. The minimum Gasteiger partial charge on any atom is -0.497 e. The monoisotopic (exact) mass is 292 g/mol. The van der Waals surface area contributed by atoms with E-state index in [1.165, 1.54) is 0 Å². The van der Waals surface area contributed by atoms with Crippen molar-refractivity contribution in [1.82, 2.24) is 10.2 Å². The Labute approximate surface area is 126 Å². The van der Waals surface area contributed by atoms with Gasteiger partial charge in [-0.2, -0.15) is 0 Å². The molecule has 1 aliphatic heterocycles. The van der Waals surface area contributed by atoms with Gasteiger partial charge in [0.15, 0.2) is 0 Å². The van der Waals surface area contributed by atoms with E-state index in [-0.39, 0.29) is 24.2 Å². The molecular weight excluding hydrogens is 268 g/mol. The second-order valence-electron chi connectivity index (χ2n) is 5.44. The summed E-state index contributed by atoms with van der Waals surface area (Å²) in [6, 6.07) is 7.78. The van der Waals surface area contributed by atoms with Gasteiger partial charge in [0.1, 0.15) is 11.9 Å². The highest BCUT2D eigenvalue weighted by atomic mass is 16.5. The quantitative estimate of drug-likeness (QED) is 0.870. The Morgan fingerprint density at radius 2 is 2.14 bits per heavy atom. The maximum atomic E-state index is 12.4. The molecule has 0 radical (unpaired) electrons. The summed E-state index contributed by atoms with van der Waals surface area (Å²) in [7, 11) is 3.33. The predicted octanol–water partition coefficient (Wildman–Crippen LogP) is 1.94. The largest absolute Gasteiger partial charge is 0.497 e. The van der Waals surface area contributed by atoms with Crippen molar-refractivity contribution in [2.75, 3.05) is 20.8 Å². The molecular formula is C16H24N2O3. The van der Waals surface area contributed by atoms with Gasteiger partial charge in [-0.05, 0) is 38.0 Å². The summed E-state index contributed by atoms with van der Waals surface area (Å²) in [6.45, 7) is 4.60. The minimum absolute atomic E-state index is 0.116. The predicted molar refractivity (Wildman–Crippen MR) is 81.1 cm³/mol. The van der Waals surface area contributed by atoms with Gasteiger partial charge in [0.05, 0.1) is 13.2 Å². The van der Waals surface area contributed by atoms with Crippen LogP contribution in [-0.2, 0) is 9.53 Å². The number of nitrogens with one attached hydrogen (secondary N) is 1. The Morgan fingerprint density at radius 1 is 1.38 bits per heavy atom. The lowest BCUT2D eigenvalue weighted by Crippen LogP contribution is -2.38. The third-order valence-corrected chi connectivity index (χ3v) is 3.94. The molecule has 3 atom stereocenters. The SMILES string of the molecule is COCCC(C)N1C(=O)C(C)NC1c1cccc(OC)c1. The second-order valence-corrected chi connectivity index (χ2v) is 5.44. The van der Waals surface area contributed by atoms with Crippen molar-refractivity contribution in [2.45, 2.75) is 38.5 Å². The van der Waals surface area contributed by atoms with E-state index in [9.17, 15) is 4.79 Å². The normalized spacial score (nSPS) is 23.4. The van der Waals surface area contributed by atoms with Gasteiger partial charge in [0.2, 0.25) is 5.91 Å². The van der Waals surface area contributed by atoms with Crippen LogP contribution in [0.3, 0.4) is 0 Å². The highest BCUT2D eigenvalue weighted by Gasteiger charge is 2.39. The summed E-state index contributed by atoms with van der Waals surface area (Å²) < 4.78 is 10.4. The van der Waals surface area contributed by atoms with Crippen LogP contribution in [0.2, 0.25) is 0 Å². The summed E-state index contributed by atoms with van der Waals surface area (Å²) in [4.78, 5) is 14.4. The van der Waals surface area contributed by atoms with Crippen molar-refractivity contribution >= 4 is 5.91 Å². The number of hydrogen-bond acceptors (Lipinski definition) is 4. The van der Waals surface area contributed by atoms with E-state index in [4.69, 9.17) is 9.47 Å². The Morgan fingerprint density at radius 3 is 2.81 bits per heavy atom. The van der Waals surface area contributed by atoms with Crippen LogP contribution in [0.5, 0.6) is 5.75 Å². The lowest BCUT2D eigenvalue weighted by Gasteiger charge is -2.30. The van der Waals surface area contributed by atoms with Crippen LogP contribution in [0.1, 0.15) is 32.0 Å². The van der Waals surface area contributed by atoms with Gasteiger partial charge in [-0.3, -0.25) is 10.1 Å². The van der Waals surface area contributed by atoms with E-state index in [1.54, 1.807) is 14.2 Å². The number of nitrogens with zero attached hydrogens (tertiary/aromatic N) is 1. The Kier molecular flexibility index (Phi) is 5.20. The van der Waals surface area contributed by atoms with Crippen molar-refractivity contribution < 1.29 is 14.3 Å². The van der Waals surface area contributed by atoms with E-state index in [0.29, 0.717) is 6.61 Å². The molecule has 1 saturated heterocycles. The fourth-order valence-electron chi connectivity index (χ4n) is 2.71. The number of carbonyl (C=O) groups excluding carboxylic acids is 1. The van der Waals surface area contributed by atoms with Gasteiger partial charge in [0.25, 0.3) is 0 Å². The molecule has 1 aliphatic rings. The first kappa shape index (κ1) is 15.8. The van der Waals surface area contributed by atoms with Crippen LogP contribution in [0.25, 0.3) is 0 Å². The molecule has 0 spiro atoms. The van der Waals surface area contributed by atoms with Gasteiger partial charge in [-0.15, -0.1) is 0 Å². The van der Waals surface area contributed by atoms with E-state index in [1.807, 2.05) is 36.1 Å². The average molecular weight is 292 g/mol. The number of rotatable bonds is 6. The highest BCUT2D eigenvalue weighted by molar-refractivity contribution is 5.84. The van der Waals surface area contributed by atoms with Crippen LogP contribution in [0.15, 0.2) is 24.3 Å². The summed E-state index contributed by atoms with van der Waals surface area (Å²) in [6.07, 6.45) is 0.700. The second kappa shape index (κ2) is 6.91. The van der Waals surface area contributed by atoms with Crippen LogP contribution in [0, 0.1) is 0 Å². The Hall–Kier alpha value is -1.59. The molecule has 1 aromatic rings. The van der Waals surface area contributed by atoms with E-state index < -0.39 is 0 Å². The maximum Gasteiger partial charge on any atom is 0.241 e. The molecule has 1 fully saturated rings. The molecule has 5 nitrogen and oxygen atoms in total. The molecule has 0 saturated carbocycles. The fraction of sp³-hybridized carbons (Fsp3) is 0.562. The zero-order valence-corrected chi connectivity index (χ0v) is 13.1. The van der Waals surface area contributed by atoms with E-state index >= 15 is 0 Å². The van der Waals surface area contributed by atoms with Crippen LogP contribution < -0.4 is 10.1 Å². The van der Waals surface area contributed by atoms with Gasteiger partial charge < -0.3 is 14.4 Å². The minimum atomic E-state index is -0.175. The number of benzene rings is 1. The highest BCUT2D eigenvalue weighted by Crippen LogP contribution is 2.30. The summed E-state index contributed by atoms with van der Waals surface area (Å²) >= 11 is 0. The number of methoxy groups -OCH3 is 2. The number of hydrogen-bond donors (Lipinski definition) is 1. The van der Waals surface area contributed by atoms with E-state index in [0.717, 1.165) is 17.7 Å². The first-order valence-electron chi connectivity index (χ1n) is 7.29. The molecule has 3 unspecified atom stereocenters. The first-order chi connectivity index (χ1) is 10.1. The average Bonchev–Trinajstić information content (AvgIpc) is 2.80. The van der Waals surface area contributed by atoms with Crippen molar-refractivity contribution in [1.29, 1.82) is 0 Å². The standard InChI is InChI=1S/C16H24N2O3/c1-11(8-9-20-3)18-15(17-12(2)16(18)19)13-6-5-7-14(10-13)21-4/h5-7,10-12,15,17H,8-9H2,1-4H3. The van der Waals surface area contributed by atoms with Crippen molar-refractivity contribution in [3.63, 3.8) is 0 Å². The third-order valence-electron chi connectivity index (χ3n) is 3.94. The lowest BCUT2D eigenvalue weighted by molar-refractivity contribution is -0.132. The molecule has 21 heavy (non-hydrogen) atoms. The summed E-state index contributed by atoms with van der Waals surface area (Å²) in [5.41, 5.74) is 1.04. The number of amides is 1. The Bertz CT molecular complexity index is 492. The first-order valence-corrected chi connectivity index (χ1v) is 7.29. The van der Waals surface area contributed by atoms with Crippen LogP contribution in [0.4, 0.5) is 0 Å². The van der Waals surface area contributed by atoms with Gasteiger partial charge in [-0.1, -0.05) is 12.1 Å². The molecule has 1 amide bonds. The smallest absolute Gasteiger partial charge is 0.241 e. The van der Waals surface area contributed by atoms with Crippen molar-refractivity contribution in [3.8, 4) is 5.75 Å². The van der Waals surface area contributed by atoms with Gasteiger partial charge in [0, 0.05) is 19.8 Å². The van der Waals surface area contributed by atoms with Gasteiger partial charge >= 0.3 is 0 Å².